The van der Waals surface area contributed by atoms with Gasteiger partial charge in [-0.1, -0.05) is 19.8 Å². The lowest BCUT2D eigenvalue weighted by molar-refractivity contribution is -0.137. The molecule has 0 bridgehead atoms. The molecule has 1 amide bonds. The number of carbonyl (C=O) groups excluding carboxylic acids is 1. The molecule has 2 atom stereocenters. The van der Waals surface area contributed by atoms with Crippen molar-refractivity contribution >= 4 is 5.91 Å². The number of amides is 1. The van der Waals surface area contributed by atoms with Gasteiger partial charge < -0.3 is 4.90 Å². The average molecular weight is 264 g/mol. The van der Waals surface area contributed by atoms with Gasteiger partial charge in [0.1, 0.15) is 0 Å². The van der Waals surface area contributed by atoms with E-state index in [1.54, 1.807) is 0 Å². The van der Waals surface area contributed by atoms with Crippen LogP contribution >= 0.6 is 0 Å². The second-order valence-electron chi connectivity index (χ2n) is 6.56. The summed E-state index contributed by atoms with van der Waals surface area (Å²) in [5.41, 5.74) is 0. The fraction of sp³-hybridized carbons (Fsp3) is 0.938. The Morgan fingerprint density at radius 2 is 1.63 bits per heavy atom. The fourth-order valence-corrected chi connectivity index (χ4v) is 4.55. The summed E-state index contributed by atoms with van der Waals surface area (Å²) in [5.74, 6) is 0.847. The van der Waals surface area contributed by atoms with Crippen LogP contribution in [0.1, 0.15) is 58.3 Å². The second-order valence-corrected chi connectivity index (χ2v) is 6.56. The van der Waals surface area contributed by atoms with Crippen LogP contribution in [0.5, 0.6) is 0 Å². The molecule has 0 aromatic heterocycles. The largest absolute Gasteiger partial charge is 0.338 e. The van der Waals surface area contributed by atoms with Gasteiger partial charge >= 0.3 is 0 Å². The van der Waals surface area contributed by atoms with Crippen LogP contribution in [0.3, 0.4) is 0 Å². The highest BCUT2D eigenvalue weighted by Gasteiger charge is 2.41. The van der Waals surface area contributed by atoms with Crippen molar-refractivity contribution in [2.75, 3.05) is 19.6 Å². The highest BCUT2D eigenvalue weighted by atomic mass is 16.2. The van der Waals surface area contributed by atoms with Crippen molar-refractivity contribution in [3.63, 3.8) is 0 Å². The molecule has 0 N–H and O–H groups in total. The van der Waals surface area contributed by atoms with Crippen LogP contribution in [-0.4, -0.2) is 47.4 Å². The highest BCUT2D eigenvalue weighted by Crippen LogP contribution is 2.34. The van der Waals surface area contributed by atoms with Gasteiger partial charge in [-0.3, -0.25) is 9.69 Å². The summed E-state index contributed by atoms with van der Waals surface area (Å²) in [4.78, 5) is 17.6. The van der Waals surface area contributed by atoms with Gasteiger partial charge in [0.15, 0.2) is 0 Å². The maximum Gasteiger partial charge on any atom is 0.225 e. The van der Waals surface area contributed by atoms with Crippen molar-refractivity contribution in [1.82, 2.24) is 9.80 Å². The molecule has 3 rings (SSSR count). The molecule has 1 aliphatic carbocycles. The lowest BCUT2D eigenvalue weighted by Gasteiger charge is -2.35. The van der Waals surface area contributed by atoms with Gasteiger partial charge in [0, 0.05) is 24.5 Å². The Morgan fingerprint density at radius 1 is 0.947 bits per heavy atom. The maximum absolute atomic E-state index is 12.7. The van der Waals surface area contributed by atoms with E-state index < -0.39 is 0 Å². The summed E-state index contributed by atoms with van der Waals surface area (Å²) in [7, 11) is 0. The number of likely N-dealkylation sites (tertiary alicyclic amines) is 2. The Labute approximate surface area is 117 Å². The van der Waals surface area contributed by atoms with Gasteiger partial charge in [-0.2, -0.15) is 0 Å². The van der Waals surface area contributed by atoms with Crippen LogP contribution in [0.4, 0.5) is 0 Å². The molecule has 2 aliphatic heterocycles. The molecule has 0 spiro atoms. The smallest absolute Gasteiger partial charge is 0.225 e. The molecule has 3 nitrogen and oxygen atoms in total. The summed E-state index contributed by atoms with van der Waals surface area (Å²) < 4.78 is 0. The zero-order valence-corrected chi connectivity index (χ0v) is 12.3. The van der Waals surface area contributed by atoms with Crippen LogP contribution in [-0.2, 0) is 4.79 Å². The average Bonchev–Trinajstić information content (AvgIpc) is 3.16. The Kier molecular flexibility index (Phi) is 4.11. The third-order valence-electron chi connectivity index (χ3n) is 5.55. The van der Waals surface area contributed by atoms with Crippen LogP contribution in [0.2, 0.25) is 0 Å². The quantitative estimate of drug-likeness (QED) is 0.782. The molecule has 3 aliphatic rings. The third kappa shape index (κ3) is 2.54. The fourth-order valence-electron chi connectivity index (χ4n) is 4.55. The minimum atomic E-state index is 0.358. The van der Waals surface area contributed by atoms with Crippen molar-refractivity contribution in [2.24, 2.45) is 5.92 Å². The normalized spacial score (nSPS) is 33.4. The second kappa shape index (κ2) is 5.82. The lowest BCUT2D eigenvalue weighted by Crippen LogP contribution is -2.49. The summed E-state index contributed by atoms with van der Waals surface area (Å²) in [6.45, 7) is 5.67. The molecule has 3 fully saturated rings. The summed E-state index contributed by atoms with van der Waals surface area (Å²) in [6.07, 6.45) is 9.89. The SMILES string of the molecule is CCN1CCC[C@@H]1[C@H]1CCCN1C(=O)C1CCCC1. The topological polar surface area (TPSA) is 23.6 Å². The van der Waals surface area contributed by atoms with Crippen molar-refractivity contribution < 1.29 is 4.79 Å². The number of hydrogen-bond donors (Lipinski definition) is 0. The first-order valence-electron chi connectivity index (χ1n) is 8.35. The van der Waals surface area contributed by atoms with Crippen LogP contribution in [0.25, 0.3) is 0 Å². The Hall–Kier alpha value is -0.570. The molecular formula is C16H28N2O. The predicted octanol–water partition coefficient (Wildman–Crippen LogP) is 2.65. The molecule has 0 radical (unpaired) electrons. The molecule has 19 heavy (non-hydrogen) atoms. The van der Waals surface area contributed by atoms with E-state index in [4.69, 9.17) is 0 Å². The third-order valence-corrected chi connectivity index (χ3v) is 5.55. The standard InChI is InChI=1S/C16H28N2O/c1-2-17-11-5-9-14(17)15-10-6-12-18(15)16(19)13-7-3-4-8-13/h13-15H,2-12H2,1H3/t14-,15-/m1/s1. The lowest BCUT2D eigenvalue weighted by atomic mass is 10.0. The monoisotopic (exact) mass is 264 g/mol. The van der Waals surface area contributed by atoms with E-state index in [2.05, 4.69) is 16.7 Å². The molecule has 0 unspecified atom stereocenters. The van der Waals surface area contributed by atoms with Crippen LogP contribution in [0, 0.1) is 5.92 Å². The molecule has 0 aromatic rings. The van der Waals surface area contributed by atoms with Crippen molar-refractivity contribution in [1.29, 1.82) is 0 Å². The first kappa shape index (κ1) is 13.4. The Bertz CT molecular complexity index is 325. The summed E-state index contributed by atoms with van der Waals surface area (Å²) in [5, 5.41) is 0. The molecule has 0 aromatic carbocycles. The van der Waals surface area contributed by atoms with Gasteiger partial charge in [-0.25, -0.2) is 0 Å². The number of carbonyl (C=O) groups is 1. The molecule has 1 saturated carbocycles. The summed E-state index contributed by atoms with van der Waals surface area (Å²) >= 11 is 0. The Balaban J connectivity index is 1.68. The number of rotatable bonds is 3. The van der Waals surface area contributed by atoms with E-state index in [0.29, 0.717) is 23.9 Å². The number of nitrogens with zero attached hydrogens (tertiary/aromatic N) is 2. The van der Waals surface area contributed by atoms with E-state index in [9.17, 15) is 4.79 Å². The van der Waals surface area contributed by atoms with Crippen molar-refractivity contribution in [2.45, 2.75) is 70.4 Å². The number of likely N-dealkylation sites (N-methyl/N-ethyl adjacent to an activating group) is 1. The van der Waals surface area contributed by atoms with Crippen LogP contribution in [0.15, 0.2) is 0 Å². The molecular weight excluding hydrogens is 236 g/mol. The van der Waals surface area contributed by atoms with Gasteiger partial charge in [-0.05, 0) is 51.6 Å². The van der Waals surface area contributed by atoms with E-state index >= 15 is 0 Å². The molecule has 108 valence electrons. The van der Waals surface area contributed by atoms with Gasteiger partial charge in [0.05, 0.1) is 0 Å². The van der Waals surface area contributed by atoms with Gasteiger partial charge in [0.25, 0.3) is 0 Å². The predicted molar refractivity (Wildman–Crippen MR) is 77.0 cm³/mol. The van der Waals surface area contributed by atoms with E-state index in [1.807, 2.05) is 0 Å². The highest BCUT2D eigenvalue weighted by molar-refractivity contribution is 5.79. The van der Waals surface area contributed by atoms with Crippen molar-refractivity contribution in [3.8, 4) is 0 Å². The Morgan fingerprint density at radius 3 is 2.37 bits per heavy atom. The van der Waals surface area contributed by atoms with Gasteiger partial charge in [-0.15, -0.1) is 0 Å². The zero-order valence-electron chi connectivity index (χ0n) is 12.3. The molecule has 2 saturated heterocycles. The first-order chi connectivity index (χ1) is 9.31. The minimum Gasteiger partial charge on any atom is -0.338 e. The molecule has 2 heterocycles. The zero-order chi connectivity index (χ0) is 13.2. The van der Waals surface area contributed by atoms with Crippen LogP contribution < -0.4 is 0 Å². The van der Waals surface area contributed by atoms with E-state index in [1.165, 1.54) is 45.1 Å². The minimum absolute atomic E-state index is 0.358. The van der Waals surface area contributed by atoms with Gasteiger partial charge in [0.2, 0.25) is 5.91 Å². The first-order valence-corrected chi connectivity index (χ1v) is 8.35. The maximum atomic E-state index is 12.7. The molecule has 3 heteroatoms. The summed E-state index contributed by atoms with van der Waals surface area (Å²) in [6, 6.07) is 1.17. The number of hydrogen-bond acceptors (Lipinski definition) is 2. The van der Waals surface area contributed by atoms with E-state index in [0.717, 1.165) is 25.9 Å². The van der Waals surface area contributed by atoms with E-state index in [-0.39, 0.29) is 0 Å². The van der Waals surface area contributed by atoms with Crippen molar-refractivity contribution in [3.05, 3.63) is 0 Å².